The van der Waals surface area contributed by atoms with Crippen molar-refractivity contribution in [3.05, 3.63) is 50.8 Å². The fourth-order valence-corrected chi connectivity index (χ4v) is 3.48. The van der Waals surface area contributed by atoms with Gasteiger partial charge in [0.2, 0.25) is 0 Å². The van der Waals surface area contributed by atoms with Crippen LogP contribution < -0.4 is 5.32 Å². The van der Waals surface area contributed by atoms with Crippen LogP contribution in [0, 0.1) is 0 Å². The first kappa shape index (κ1) is 14.6. The second-order valence-corrected chi connectivity index (χ2v) is 6.26. The van der Waals surface area contributed by atoms with Gasteiger partial charge in [-0.3, -0.25) is 0 Å². The largest absolute Gasteiger partial charge is 0.307 e. The molecule has 0 radical (unpaired) electrons. The number of hydrogen-bond donors (Lipinski definition) is 1. The molecule has 0 spiro atoms. The molecular weight excluding hydrogens is 398 g/mol. The van der Waals surface area contributed by atoms with E-state index in [-0.39, 0.29) is 6.04 Å². The molecular formula is C14H13Br2N5. The van der Waals surface area contributed by atoms with Gasteiger partial charge in [-0.15, -0.1) is 5.10 Å². The molecule has 2 heterocycles. The van der Waals surface area contributed by atoms with E-state index in [9.17, 15) is 0 Å². The monoisotopic (exact) mass is 409 g/mol. The topological polar surface area (TPSA) is 55.6 Å². The smallest absolute Gasteiger partial charge is 0.153 e. The van der Waals surface area contributed by atoms with Gasteiger partial charge in [0.25, 0.3) is 0 Å². The van der Waals surface area contributed by atoms with E-state index in [2.05, 4.69) is 53.6 Å². The standard InChI is InChI=1S/C14H13Br2N5/c1-17-12(13-14(16)19-20-21(13)2)11-9(15)7-8-5-3-4-6-10(8)18-11/h3-7,12,17H,1-2H3. The molecule has 1 aromatic carbocycles. The van der Waals surface area contributed by atoms with Crippen molar-refractivity contribution in [1.29, 1.82) is 0 Å². The fraction of sp³-hybridized carbons (Fsp3) is 0.214. The maximum Gasteiger partial charge on any atom is 0.153 e. The van der Waals surface area contributed by atoms with Crippen LogP contribution in [0.1, 0.15) is 17.4 Å². The summed E-state index contributed by atoms with van der Waals surface area (Å²) in [5.74, 6) is 0. The molecule has 7 heteroatoms. The molecule has 0 saturated carbocycles. The van der Waals surface area contributed by atoms with Crippen molar-refractivity contribution >= 4 is 42.8 Å². The van der Waals surface area contributed by atoms with Gasteiger partial charge in [-0.25, -0.2) is 9.67 Å². The Hall–Kier alpha value is -1.31. The van der Waals surface area contributed by atoms with Crippen LogP contribution in [0.3, 0.4) is 0 Å². The van der Waals surface area contributed by atoms with Gasteiger partial charge in [0, 0.05) is 16.9 Å². The molecule has 0 aliphatic carbocycles. The number of pyridine rings is 1. The average Bonchev–Trinajstić information content (AvgIpc) is 2.81. The average molecular weight is 411 g/mol. The van der Waals surface area contributed by atoms with E-state index in [4.69, 9.17) is 4.98 Å². The molecule has 0 amide bonds. The van der Waals surface area contributed by atoms with Crippen molar-refractivity contribution in [3.8, 4) is 0 Å². The van der Waals surface area contributed by atoms with Crippen LogP contribution in [0.15, 0.2) is 39.4 Å². The summed E-state index contributed by atoms with van der Waals surface area (Å²) in [7, 11) is 3.76. The molecule has 0 bridgehead atoms. The number of rotatable bonds is 3. The van der Waals surface area contributed by atoms with E-state index in [0.29, 0.717) is 4.60 Å². The summed E-state index contributed by atoms with van der Waals surface area (Å²) in [6, 6.07) is 10.0. The van der Waals surface area contributed by atoms with E-state index in [1.807, 2.05) is 38.4 Å². The lowest BCUT2D eigenvalue weighted by Gasteiger charge is -2.18. The zero-order valence-corrected chi connectivity index (χ0v) is 14.7. The van der Waals surface area contributed by atoms with E-state index in [0.717, 1.165) is 26.8 Å². The van der Waals surface area contributed by atoms with Crippen LogP contribution in [0.5, 0.6) is 0 Å². The molecule has 1 atom stereocenters. The normalized spacial score (nSPS) is 12.8. The molecule has 21 heavy (non-hydrogen) atoms. The minimum Gasteiger partial charge on any atom is -0.307 e. The quantitative estimate of drug-likeness (QED) is 0.720. The number of halogens is 2. The SMILES string of the molecule is CNC(c1nc2ccccc2cc1Br)c1c(Br)nnn1C. The molecule has 2 aromatic heterocycles. The van der Waals surface area contributed by atoms with Crippen molar-refractivity contribution in [2.24, 2.45) is 7.05 Å². The third kappa shape index (κ3) is 2.61. The molecule has 0 aliphatic rings. The van der Waals surface area contributed by atoms with Crippen LogP contribution in [0.2, 0.25) is 0 Å². The van der Waals surface area contributed by atoms with Gasteiger partial charge in [0.05, 0.1) is 22.9 Å². The number of para-hydroxylation sites is 1. The zero-order chi connectivity index (χ0) is 15.0. The number of nitrogens with one attached hydrogen (secondary N) is 1. The Kier molecular flexibility index (Phi) is 4.05. The highest BCUT2D eigenvalue weighted by Gasteiger charge is 2.24. The molecule has 3 aromatic rings. The minimum atomic E-state index is -0.113. The first-order valence-electron chi connectivity index (χ1n) is 6.39. The number of aromatic nitrogens is 4. The Morgan fingerprint density at radius 1 is 1.24 bits per heavy atom. The number of fused-ring (bicyclic) bond motifs is 1. The Bertz CT molecular complexity index is 780. The van der Waals surface area contributed by atoms with E-state index < -0.39 is 0 Å². The third-order valence-electron chi connectivity index (χ3n) is 3.37. The molecule has 0 aliphatic heterocycles. The minimum absolute atomic E-state index is 0.113. The summed E-state index contributed by atoms with van der Waals surface area (Å²) >= 11 is 7.08. The maximum atomic E-state index is 4.79. The predicted molar refractivity (Wildman–Crippen MR) is 89.0 cm³/mol. The molecule has 1 unspecified atom stereocenters. The van der Waals surface area contributed by atoms with Gasteiger partial charge in [-0.2, -0.15) is 0 Å². The van der Waals surface area contributed by atoms with Crippen LogP contribution in [-0.2, 0) is 7.05 Å². The Morgan fingerprint density at radius 3 is 2.67 bits per heavy atom. The maximum absolute atomic E-state index is 4.79. The molecule has 0 saturated heterocycles. The van der Waals surface area contributed by atoms with Crippen LogP contribution in [0.25, 0.3) is 10.9 Å². The highest BCUT2D eigenvalue weighted by atomic mass is 79.9. The number of aryl methyl sites for hydroxylation is 1. The molecule has 0 fully saturated rings. The molecule has 5 nitrogen and oxygen atoms in total. The first-order valence-corrected chi connectivity index (χ1v) is 7.98. The van der Waals surface area contributed by atoms with Gasteiger partial charge in [-0.05, 0) is 51.0 Å². The van der Waals surface area contributed by atoms with Gasteiger partial charge in [0.1, 0.15) is 0 Å². The van der Waals surface area contributed by atoms with Crippen molar-refractivity contribution in [2.75, 3.05) is 7.05 Å². The molecule has 3 rings (SSSR count). The highest BCUT2D eigenvalue weighted by Crippen LogP contribution is 2.31. The van der Waals surface area contributed by atoms with Crippen molar-refractivity contribution in [3.63, 3.8) is 0 Å². The van der Waals surface area contributed by atoms with Crippen molar-refractivity contribution in [1.82, 2.24) is 25.3 Å². The first-order chi connectivity index (χ1) is 10.1. The molecule has 1 N–H and O–H groups in total. The van der Waals surface area contributed by atoms with Gasteiger partial charge in [-0.1, -0.05) is 23.4 Å². The summed E-state index contributed by atoms with van der Waals surface area (Å²) < 4.78 is 3.41. The summed E-state index contributed by atoms with van der Waals surface area (Å²) in [4.78, 5) is 4.79. The van der Waals surface area contributed by atoms with Gasteiger partial charge in [0.15, 0.2) is 4.60 Å². The third-order valence-corrected chi connectivity index (χ3v) is 4.57. The number of hydrogen-bond acceptors (Lipinski definition) is 4. The second kappa shape index (κ2) is 5.82. The zero-order valence-electron chi connectivity index (χ0n) is 11.5. The van der Waals surface area contributed by atoms with Crippen LogP contribution >= 0.6 is 31.9 Å². The van der Waals surface area contributed by atoms with E-state index in [1.54, 1.807) is 4.68 Å². The Balaban J connectivity index is 2.19. The number of nitrogens with zero attached hydrogens (tertiary/aromatic N) is 4. The van der Waals surface area contributed by atoms with Crippen molar-refractivity contribution in [2.45, 2.75) is 6.04 Å². The lowest BCUT2D eigenvalue weighted by molar-refractivity contribution is 0.586. The lowest BCUT2D eigenvalue weighted by atomic mass is 10.1. The van der Waals surface area contributed by atoms with Crippen LogP contribution in [-0.4, -0.2) is 27.0 Å². The summed E-state index contributed by atoms with van der Waals surface area (Å²) in [6.07, 6.45) is 0. The van der Waals surface area contributed by atoms with E-state index in [1.165, 1.54) is 0 Å². The van der Waals surface area contributed by atoms with Crippen LogP contribution in [0.4, 0.5) is 0 Å². The van der Waals surface area contributed by atoms with E-state index >= 15 is 0 Å². The summed E-state index contributed by atoms with van der Waals surface area (Å²) in [5, 5.41) is 12.5. The second-order valence-electron chi connectivity index (χ2n) is 4.66. The van der Waals surface area contributed by atoms with Gasteiger partial charge < -0.3 is 5.32 Å². The highest BCUT2D eigenvalue weighted by molar-refractivity contribution is 9.10. The van der Waals surface area contributed by atoms with Crippen molar-refractivity contribution < 1.29 is 0 Å². The Morgan fingerprint density at radius 2 is 2.00 bits per heavy atom. The lowest BCUT2D eigenvalue weighted by Crippen LogP contribution is -2.22. The van der Waals surface area contributed by atoms with Gasteiger partial charge >= 0.3 is 0 Å². The molecule has 108 valence electrons. The number of benzene rings is 1. The fourth-order valence-electron chi connectivity index (χ4n) is 2.36. The predicted octanol–water partition coefficient (Wildman–Crippen LogP) is 3.20. The summed E-state index contributed by atoms with van der Waals surface area (Å²) in [6.45, 7) is 0. The Labute approximate surface area is 139 Å². The summed E-state index contributed by atoms with van der Waals surface area (Å²) in [5.41, 5.74) is 2.80.